The van der Waals surface area contributed by atoms with Crippen LogP contribution in [0.15, 0.2) is 0 Å². The summed E-state index contributed by atoms with van der Waals surface area (Å²) in [5.41, 5.74) is 0.437. The van der Waals surface area contributed by atoms with Crippen LogP contribution >= 0.6 is 11.8 Å². The number of rotatable bonds is 4. The maximum absolute atomic E-state index is 3.53. The Labute approximate surface area is 123 Å². The van der Waals surface area contributed by atoms with Gasteiger partial charge in [-0.2, -0.15) is 11.8 Å². The predicted molar refractivity (Wildman–Crippen MR) is 86.1 cm³/mol. The van der Waals surface area contributed by atoms with Crippen molar-refractivity contribution in [2.24, 2.45) is 0 Å². The minimum Gasteiger partial charge on any atom is -0.317 e. The van der Waals surface area contributed by atoms with Crippen molar-refractivity contribution in [1.82, 2.24) is 15.1 Å². The molecule has 1 N–H and O–H groups in total. The summed E-state index contributed by atoms with van der Waals surface area (Å²) in [4.78, 5) is 5.42. The van der Waals surface area contributed by atoms with Crippen molar-refractivity contribution in [3.63, 3.8) is 0 Å². The molecule has 0 aliphatic carbocycles. The van der Waals surface area contributed by atoms with Gasteiger partial charge in [0.25, 0.3) is 0 Å². The topological polar surface area (TPSA) is 18.5 Å². The van der Waals surface area contributed by atoms with Crippen LogP contribution in [0.4, 0.5) is 0 Å². The van der Waals surface area contributed by atoms with E-state index in [9.17, 15) is 0 Å². The Balaban J connectivity index is 2.01. The zero-order chi connectivity index (χ0) is 13.7. The monoisotopic (exact) mass is 285 g/mol. The minimum absolute atomic E-state index is 0.437. The van der Waals surface area contributed by atoms with Crippen LogP contribution in [-0.4, -0.2) is 72.7 Å². The summed E-state index contributed by atoms with van der Waals surface area (Å²) < 4.78 is 0. The zero-order valence-electron chi connectivity index (χ0n) is 13.0. The van der Waals surface area contributed by atoms with E-state index in [1.165, 1.54) is 63.5 Å². The number of nitrogens with zero attached hydrogens (tertiary/aromatic N) is 2. The Morgan fingerprint density at radius 3 is 2.68 bits per heavy atom. The molecule has 2 saturated heterocycles. The lowest BCUT2D eigenvalue weighted by Crippen LogP contribution is -2.58. The highest BCUT2D eigenvalue weighted by Gasteiger charge is 2.39. The summed E-state index contributed by atoms with van der Waals surface area (Å²) in [6.07, 6.45) is 3.95. The Kier molecular flexibility index (Phi) is 6.00. The second-order valence-corrected chi connectivity index (χ2v) is 7.55. The Morgan fingerprint density at radius 1 is 1.26 bits per heavy atom. The van der Waals surface area contributed by atoms with E-state index >= 15 is 0 Å². The molecule has 2 heterocycles. The zero-order valence-corrected chi connectivity index (χ0v) is 13.8. The van der Waals surface area contributed by atoms with Crippen LogP contribution in [0.2, 0.25) is 0 Å². The molecule has 2 rings (SSSR count). The molecule has 1 spiro atoms. The fourth-order valence-corrected chi connectivity index (χ4v) is 4.32. The summed E-state index contributed by atoms with van der Waals surface area (Å²) in [5, 5.41) is 3.53. The first-order chi connectivity index (χ1) is 9.18. The highest BCUT2D eigenvalue weighted by atomic mass is 32.2. The van der Waals surface area contributed by atoms with Crippen LogP contribution < -0.4 is 5.32 Å². The summed E-state index contributed by atoms with van der Waals surface area (Å²) in [5.74, 6) is 2.53. The van der Waals surface area contributed by atoms with Gasteiger partial charge in [0.1, 0.15) is 0 Å². The smallest absolute Gasteiger partial charge is 0.0357 e. The number of piperidine rings is 1. The molecule has 1 atom stereocenters. The van der Waals surface area contributed by atoms with Gasteiger partial charge in [-0.3, -0.25) is 9.80 Å². The lowest BCUT2D eigenvalue weighted by atomic mass is 9.86. The molecular weight excluding hydrogens is 254 g/mol. The first-order valence-electron chi connectivity index (χ1n) is 7.92. The van der Waals surface area contributed by atoms with Gasteiger partial charge in [-0.15, -0.1) is 0 Å². The number of hydrogen-bond acceptors (Lipinski definition) is 4. The molecule has 0 unspecified atom stereocenters. The minimum atomic E-state index is 0.437. The maximum Gasteiger partial charge on any atom is 0.0357 e. The van der Waals surface area contributed by atoms with Crippen molar-refractivity contribution < 1.29 is 0 Å². The van der Waals surface area contributed by atoms with Gasteiger partial charge in [-0.05, 0) is 65.2 Å². The number of thioether (sulfide) groups is 1. The van der Waals surface area contributed by atoms with E-state index in [0.717, 1.165) is 6.04 Å². The number of hydrogen-bond donors (Lipinski definition) is 1. The molecular formula is C15H31N3S. The van der Waals surface area contributed by atoms with Gasteiger partial charge >= 0.3 is 0 Å². The van der Waals surface area contributed by atoms with Gasteiger partial charge in [0.15, 0.2) is 0 Å². The first kappa shape index (κ1) is 15.6. The average Bonchev–Trinajstić information content (AvgIpc) is 2.58. The van der Waals surface area contributed by atoms with Crippen molar-refractivity contribution in [2.45, 2.75) is 44.7 Å². The molecule has 3 nitrogen and oxygen atoms in total. The van der Waals surface area contributed by atoms with Gasteiger partial charge in [0.05, 0.1) is 0 Å². The molecule has 0 aromatic heterocycles. The van der Waals surface area contributed by atoms with E-state index in [-0.39, 0.29) is 0 Å². The highest BCUT2D eigenvalue weighted by Crippen LogP contribution is 2.30. The van der Waals surface area contributed by atoms with Gasteiger partial charge in [-0.1, -0.05) is 6.92 Å². The average molecular weight is 286 g/mol. The fourth-order valence-electron chi connectivity index (χ4n) is 3.53. The maximum atomic E-state index is 3.53. The van der Waals surface area contributed by atoms with Crippen molar-refractivity contribution in [2.75, 3.05) is 51.3 Å². The number of nitrogens with one attached hydrogen (secondary N) is 1. The van der Waals surface area contributed by atoms with Crippen LogP contribution in [0.3, 0.4) is 0 Å². The summed E-state index contributed by atoms with van der Waals surface area (Å²) in [7, 11) is 2.35. The van der Waals surface area contributed by atoms with Crippen molar-refractivity contribution in [3.8, 4) is 0 Å². The third kappa shape index (κ3) is 3.87. The van der Waals surface area contributed by atoms with Crippen molar-refractivity contribution in [3.05, 3.63) is 0 Å². The molecule has 0 amide bonds. The molecule has 0 bridgehead atoms. The summed E-state index contributed by atoms with van der Waals surface area (Å²) in [6.45, 7) is 10.9. The third-order valence-electron chi connectivity index (χ3n) is 4.97. The van der Waals surface area contributed by atoms with Gasteiger partial charge < -0.3 is 5.32 Å². The normalized spacial score (nSPS) is 27.3. The van der Waals surface area contributed by atoms with Crippen molar-refractivity contribution in [1.29, 1.82) is 0 Å². The molecule has 0 aromatic rings. The molecule has 0 aromatic carbocycles. The molecule has 112 valence electrons. The Bertz CT molecular complexity index is 266. The van der Waals surface area contributed by atoms with E-state index in [2.05, 4.69) is 47.8 Å². The quantitative estimate of drug-likeness (QED) is 0.850. The van der Waals surface area contributed by atoms with Crippen LogP contribution in [0.5, 0.6) is 0 Å². The molecule has 2 aliphatic rings. The van der Waals surface area contributed by atoms with Gasteiger partial charge in [-0.25, -0.2) is 0 Å². The van der Waals surface area contributed by atoms with E-state index in [1.54, 1.807) is 0 Å². The molecule has 19 heavy (non-hydrogen) atoms. The molecule has 2 fully saturated rings. The van der Waals surface area contributed by atoms with Crippen LogP contribution in [-0.2, 0) is 0 Å². The highest BCUT2D eigenvalue weighted by molar-refractivity contribution is 7.99. The SMILES string of the molecule is CCSC[C@H](C)N1CCCN(C)C2(CCNCC2)C1. The molecule has 0 saturated carbocycles. The van der Waals surface area contributed by atoms with E-state index in [1.807, 2.05) is 0 Å². The second kappa shape index (κ2) is 7.30. The summed E-state index contributed by atoms with van der Waals surface area (Å²) in [6, 6.07) is 0.725. The molecule has 4 heteroatoms. The Hall–Kier alpha value is 0.230. The lowest BCUT2D eigenvalue weighted by molar-refractivity contribution is 0.0578. The first-order valence-corrected chi connectivity index (χ1v) is 9.07. The van der Waals surface area contributed by atoms with E-state index < -0.39 is 0 Å². The third-order valence-corrected chi connectivity index (χ3v) is 6.09. The van der Waals surface area contributed by atoms with Gasteiger partial charge in [0.2, 0.25) is 0 Å². The molecule has 2 aliphatic heterocycles. The Morgan fingerprint density at radius 2 is 2.00 bits per heavy atom. The lowest BCUT2D eigenvalue weighted by Gasteiger charge is -2.46. The van der Waals surface area contributed by atoms with E-state index in [4.69, 9.17) is 0 Å². The van der Waals surface area contributed by atoms with Crippen molar-refractivity contribution >= 4 is 11.8 Å². The van der Waals surface area contributed by atoms with Gasteiger partial charge in [0, 0.05) is 23.9 Å². The van der Waals surface area contributed by atoms with Crippen LogP contribution in [0, 0.1) is 0 Å². The van der Waals surface area contributed by atoms with Crippen LogP contribution in [0.25, 0.3) is 0 Å². The summed E-state index contributed by atoms with van der Waals surface area (Å²) >= 11 is 2.08. The number of likely N-dealkylation sites (N-methyl/N-ethyl adjacent to an activating group) is 1. The van der Waals surface area contributed by atoms with E-state index in [0.29, 0.717) is 5.54 Å². The fraction of sp³-hybridized carbons (Fsp3) is 1.00. The standard InChI is InChI=1S/C15H31N3S/c1-4-19-12-14(2)18-11-5-10-17(3)15(13-18)6-8-16-9-7-15/h14,16H,4-13H2,1-3H3/t14-/m0/s1. The largest absolute Gasteiger partial charge is 0.317 e. The molecule has 0 radical (unpaired) electrons. The predicted octanol–water partition coefficient (Wildman–Crippen LogP) is 1.89. The second-order valence-electron chi connectivity index (χ2n) is 6.23. The van der Waals surface area contributed by atoms with Crippen LogP contribution in [0.1, 0.15) is 33.1 Å².